The molecule has 0 saturated heterocycles. The van der Waals surface area contributed by atoms with Crippen LogP contribution in [0.2, 0.25) is 0 Å². The number of carbonyl (C=O) groups is 4. The zero-order valence-electron chi connectivity index (χ0n) is 26.8. The Kier molecular flexibility index (Phi) is 14.6. The molecule has 0 heterocycles. The lowest BCUT2D eigenvalue weighted by Crippen LogP contribution is -2.35. The van der Waals surface area contributed by atoms with Crippen LogP contribution >= 0.6 is 0 Å². The van der Waals surface area contributed by atoms with Crippen molar-refractivity contribution in [1.82, 2.24) is 4.90 Å². The Morgan fingerprint density at radius 3 is 2.15 bits per heavy atom. The van der Waals surface area contributed by atoms with Crippen molar-refractivity contribution in [1.29, 1.82) is 0 Å². The summed E-state index contributed by atoms with van der Waals surface area (Å²) in [6.45, 7) is 7.27. The summed E-state index contributed by atoms with van der Waals surface area (Å²) in [5, 5.41) is 12.2. The molecule has 10 nitrogen and oxygen atoms in total. The minimum Gasteiger partial charge on any atom is -0.494 e. The van der Waals surface area contributed by atoms with Crippen molar-refractivity contribution in [2.45, 2.75) is 52.5 Å². The van der Waals surface area contributed by atoms with Gasteiger partial charge < -0.3 is 24.8 Å². The quantitative estimate of drug-likeness (QED) is 0.0379. The summed E-state index contributed by atoms with van der Waals surface area (Å²) in [5.41, 5.74) is 2.18. The van der Waals surface area contributed by atoms with Gasteiger partial charge in [0.25, 0.3) is 11.8 Å². The molecule has 2 amide bonds. The number of allylic oxidation sites excluding steroid dienone is 2. The first-order chi connectivity index (χ1) is 22.7. The second-order valence-corrected chi connectivity index (χ2v) is 10.8. The van der Waals surface area contributed by atoms with E-state index >= 15 is 0 Å². The van der Waals surface area contributed by atoms with Crippen molar-refractivity contribution < 1.29 is 33.8 Å². The van der Waals surface area contributed by atoms with Gasteiger partial charge in [-0.05, 0) is 92.4 Å². The second-order valence-electron chi connectivity index (χ2n) is 10.8. The number of carbonyl (C=O) groups excluding carboxylic acids is 3. The van der Waals surface area contributed by atoms with E-state index < -0.39 is 24.4 Å². The van der Waals surface area contributed by atoms with Gasteiger partial charge >= 0.3 is 11.9 Å². The van der Waals surface area contributed by atoms with Gasteiger partial charge in [-0.1, -0.05) is 50.8 Å². The van der Waals surface area contributed by atoms with Gasteiger partial charge in [-0.2, -0.15) is 0 Å². The third-order valence-corrected chi connectivity index (χ3v) is 7.01. The Morgan fingerprint density at radius 2 is 1.51 bits per heavy atom. The SMILES string of the molecule is C=N/C=C\C=C(/C)C(=O)Nc1ccc(C(=O)N(CC(=O)O)Cc2ccc(OC(=O)c3ccc(OCCCCCCC)cc3)cc2)cc1. The van der Waals surface area contributed by atoms with Crippen LogP contribution < -0.4 is 14.8 Å². The van der Waals surface area contributed by atoms with Gasteiger partial charge in [-0.25, -0.2) is 4.79 Å². The van der Waals surface area contributed by atoms with Crippen LogP contribution in [0.5, 0.6) is 11.5 Å². The maximum Gasteiger partial charge on any atom is 0.343 e. The molecule has 0 aliphatic rings. The highest BCUT2D eigenvalue weighted by Crippen LogP contribution is 2.19. The zero-order chi connectivity index (χ0) is 34.0. The van der Waals surface area contributed by atoms with Crippen LogP contribution in [0.3, 0.4) is 0 Å². The summed E-state index contributed by atoms with van der Waals surface area (Å²) in [6.07, 6.45) is 10.4. The molecule has 0 fully saturated rings. The third kappa shape index (κ3) is 12.4. The fraction of sp³-hybridized carbons (Fsp3) is 0.270. The number of nitrogens with zero attached hydrogens (tertiary/aromatic N) is 2. The molecule has 0 unspecified atom stereocenters. The monoisotopic (exact) mass is 639 g/mol. The van der Waals surface area contributed by atoms with Crippen molar-refractivity contribution in [3.8, 4) is 11.5 Å². The van der Waals surface area contributed by atoms with Crippen molar-refractivity contribution in [2.75, 3.05) is 18.5 Å². The van der Waals surface area contributed by atoms with Gasteiger partial charge in [0.2, 0.25) is 0 Å². The van der Waals surface area contributed by atoms with Crippen molar-refractivity contribution in [3.05, 3.63) is 113 Å². The zero-order valence-corrected chi connectivity index (χ0v) is 26.8. The highest BCUT2D eigenvalue weighted by Gasteiger charge is 2.20. The molecule has 10 heteroatoms. The number of carboxylic acid groups (broad SMARTS) is 1. The molecule has 3 aromatic rings. The van der Waals surface area contributed by atoms with E-state index in [0.717, 1.165) is 12.8 Å². The number of amides is 2. The summed E-state index contributed by atoms with van der Waals surface area (Å²) >= 11 is 0. The Labute approximate surface area is 275 Å². The Hall–Kier alpha value is -5.51. The molecule has 3 rings (SSSR count). The number of aliphatic imine (C=N–C) groups is 1. The van der Waals surface area contributed by atoms with Crippen molar-refractivity contribution in [3.63, 3.8) is 0 Å². The number of aliphatic carboxylic acids is 1. The average molecular weight is 640 g/mol. The number of unbranched alkanes of at least 4 members (excludes halogenated alkanes) is 4. The van der Waals surface area contributed by atoms with Gasteiger partial charge in [-0.3, -0.25) is 19.4 Å². The molecule has 0 radical (unpaired) electrons. The predicted molar refractivity (Wildman–Crippen MR) is 182 cm³/mol. The molecule has 47 heavy (non-hydrogen) atoms. The Bertz CT molecular complexity index is 1560. The van der Waals surface area contributed by atoms with Gasteiger partial charge in [-0.15, -0.1) is 0 Å². The first kappa shape index (κ1) is 36.0. The summed E-state index contributed by atoms with van der Waals surface area (Å²) in [6, 6.07) is 19.5. The molecule has 0 spiro atoms. The highest BCUT2D eigenvalue weighted by atomic mass is 16.5. The lowest BCUT2D eigenvalue weighted by molar-refractivity contribution is -0.137. The van der Waals surface area contributed by atoms with E-state index in [0.29, 0.717) is 40.5 Å². The summed E-state index contributed by atoms with van der Waals surface area (Å²) < 4.78 is 11.3. The largest absolute Gasteiger partial charge is 0.494 e. The number of anilines is 1. The molecule has 2 N–H and O–H groups in total. The van der Waals surface area contributed by atoms with Crippen LogP contribution in [-0.2, 0) is 16.1 Å². The van der Waals surface area contributed by atoms with Crippen LogP contribution in [0, 0.1) is 0 Å². The second kappa shape index (κ2) is 19.1. The predicted octanol–water partition coefficient (Wildman–Crippen LogP) is 7.08. The van der Waals surface area contributed by atoms with Crippen LogP contribution in [0.25, 0.3) is 0 Å². The highest BCUT2D eigenvalue weighted by molar-refractivity contribution is 6.04. The number of benzene rings is 3. The summed E-state index contributed by atoms with van der Waals surface area (Å²) in [5.74, 6) is -1.52. The van der Waals surface area contributed by atoms with E-state index in [1.165, 1.54) is 42.5 Å². The molecule has 3 aromatic carbocycles. The first-order valence-electron chi connectivity index (χ1n) is 15.5. The fourth-order valence-electron chi connectivity index (χ4n) is 4.43. The Morgan fingerprint density at radius 1 is 0.872 bits per heavy atom. The van der Waals surface area contributed by atoms with E-state index in [-0.39, 0.29) is 18.0 Å². The van der Waals surface area contributed by atoms with Gasteiger partial charge in [0, 0.05) is 29.6 Å². The number of ether oxygens (including phenoxy) is 2. The van der Waals surface area contributed by atoms with Crippen LogP contribution in [0.4, 0.5) is 5.69 Å². The van der Waals surface area contributed by atoms with Gasteiger partial charge in [0.1, 0.15) is 18.0 Å². The summed E-state index contributed by atoms with van der Waals surface area (Å²) in [7, 11) is 0. The third-order valence-electron chi connectivity index (χ3n) is 7.01. The lowest BCUT2D eigenvalue weighted by Gasteiger charge is -2.21. The van der Waals surface area contributed by atoms with E-state index in [1.54, 1.807) is 79.7 Å². The normalized spacial score (nSPS) is 11.1. The van der Waals surface area contributed by atoms with E-state index in [1.807, 2.05) is 0 Å². The smallest absolute Gasteiger partial charge is 0.343 e. The van der Waals surface area contributed by atoms with Crippen molar-refractivity contribution >= 4 is 36.2 Å². The standard InChI is InChI=1S/C37H41N3O7/c1-4-5-6-7-8-24-46-32-21-15-30(16-22-32)37(45)47-33-19-11-28(12-20-33)25-40(26-34(41)42)36(44)29-13-17-31(18-14-29)39-35(43)27(2)10-9-23-38-3/h9-23H,3-8,24-26H2,1-2H3,(H,39,43)(H,41,42)/b23-9-,27-10+. The van der Waals surface area contributed by atoms with E-state index in [2.05, 4.69) is 24.0 Å². The molecule has 0 bridgehead atoms. The van der Waals surface area contributed by atoms with Crippen LogP contribution in [-0.4, -0.2) is 53.6 Å². The summed E-state index contributed by atoms with van der Waals surface area (Å²) in [4.78, 5) is 54.6. The maximum absolute atomic E-state index is 13.2. The number of hydrogen-bond donors (Lipinski definition) is 2. The molecule has 0 aliphatic carbocycles. The minimum atomic E-state index is -1.17. The average Bonchev–Trinajstić information content (AvgIpc) is 3.07. The minimum absolute atomic E-state index is 0.00891. The maximum atomic E-state index is 13.2. The van der Waals surface area contributed by atoms with Crippen molar-refractivity contribution in [2.24, 2.45) is 4.99 Å². The molecule has 0 aliphatic heterocycles. The number of nitrogens with one attached hydrogen (secondary N) is 1. The lowest BCUT2D eigenvalue weighted by atomic mass is 10.1. The van der Waals surface area contributed by atoms with Gasteiger partial charge in [0.15, 0.2) is 0 Å². The Balaban J connectivity index is 1.56. The molecule has 0 aromatic heterocycles. The number of hydrogen-bond acceptors (Lipinski definition) is 7. The van der Waals surface area contributed by atoms with Gasteiger partial charge in [0.05, 0.1) is 12.2 Å². The number of esters is 1. The molecule has 0 saturated carbocycles. The number of rotatable bonds is 18. The fourth-order valence-corrected chi connectivity index (χ4v) is 4.43. The molecule has 0 atom stereocenters. The number of carboxylic acids is 1. The topological polar surface area (TPSA) is 135 Å². The van der Waals surface area contributed by atoms with Crippen LogP contribution in [0.15, 0.2) is 102 Å². The molecular weight excluding hydrogens is 598 g/mol. The van der Waals surface area contributed by atoms with E-state index in [4.69, 9.17) is 9.47 Å². The molecular formula is C37H41N3O7. The van der Waals surface area contributed by atoms with E-state index in [9.17, 15) is 24.3 Å². The van der Waals surface area contributed by atoms with Crippen LogP contribution in [0.1, 0.15) is 72.2 Å². The molecule has 246 valence electrons. The first-order valence-corrected chi connectivity index (χ1v) is 15.5.